The fourth-order valence-corrected chi connectivity index (χ4v) is 0.792. The third kappa shape index (κ3) is 7.10. The predicted molar refractivity (Wildman–Crippen MR) is 49.4 cm³/mol. The number of rotatable bonds is 6. The quantitative estimate of drug-likeness (QED) is 0.441. The van der Waals surface area contributed by atoms with Crippen LogP contribution in [0.4, 0.5) is 0 Å². The Hall–Kier alpha value is -1.01. The Bertz CT molecular complexity index is 160. The molecule has 0 aliphatic heterocycles. The first kappa shape index (κ1) is 11.0. The van der Waals surface area contributed by atoms with Crippen molar-refractivity contribution in [3.05, 3.63) is 0 Å². The van der Waals surface area contributed by atoms with E-state index in [-0.39, 0.29) is 5.91 Å². The highest BCUT2D eigenvalue weighted by atomic mass is 16.1. The van der Waals surface area contributed by atoms with Gasteiger partial charge in [0.1, 0.15) is 0 Å². The van der Waals surface area contributed by atoms with Gasteiger partial charge in [0, 0.05) is 19.4 Å². The van der Waals surface area contributed by atoms with E-state index in [1.165, 1.54) is 0 Å². The molecule has 1 amide bonds. The molecule has 0 aromatic carbocycles. The summed E-state index contributed by atoms with van der Waals surface area (Å²) >= 11 is 0. The summed E-state index contributed by atoms with van der Waals surface area (Å²) in [4.78, 5) is 11.0. The first-order valence-electron chi connectivity index (χ1n) is 4.21. The van der Waals surface area contributed by atoms with Gasteiger partial charge >= 0.3 is 0 Å². The summed E-state index contributed by atoms with van der Waals surface area (Å²) in [6, 6.07) is 0. The van der Waals surface area contributed by atoms with Gasteiger partial charge in [-0.1, -0.05) is 0 Å². The fraction of sp³-hybridized carbons (Fsp3) is 0.667. The summed E-state index contributed by atoms with van der Waals surface area (Å²) in [6.45, 7) is 1.23. The minimum absolute atomic E-state index is 0.0682. The van der Waals surface area contributed by atoms with Gasteiger partial charge < -0.3 is 11.1 Å². The molecule has 3 N–H and O–H groups in total. The molecule has 0 aromatic rings. The van der Waals surface area contributed by atoms with Gasteiger partial charge in [-0.25, -0.2) is 0 Å². The van der Waals surface area contributed by atoms with Gasteiger partial charge in [-0.2, -0.15) is 0 Å². The molecule has 3 nitrogen and oxygen atoms in total. The maximum Gasteiger partial charge on any atom is 0.220 e. The van der Waals surface area contributed by atoms with E-state index in [0.717, 1.165) is 12.8 Å². The monoisotopic (exact) mass is 168 g/mol. The summed E-state index contributed by atoms with van der Waals surface area (Å²) < 4.78 is 0. The van der Waals surface area contributed by atoms with Gasteiger partial charge in [-0.3, -0.25) is 4.79 Å². The van der Waals surface area contributed by atoms with Crippen molar-refractivity contribution in [2.75, 3.05) is 13.1 Å². The highest BCUT2D eigenvalue weighted by Crippen LogP contribution is 1.92. The van der Waals surface area contributed by atoms with Crippen LogP contribution in [0.1, 0.15) is 25.7 Å². The van der Waals surface area contributed by atoms with Crippen LogP contribution < -0.4 is 11.1 Å². The molecular weight excluding hydrogens is 152 g/mol. The molecule has 0 fully saturated rings. The SMILES string of the molecule is C#CCCNC(=O)CCCCN. The minimum Gasteiger partial charge on any atom is -0.355 e. The third-order valence-electron chi connectivity index (χ3n) is 1.45. The lowest BCUT2D eigenvalue weighted by atomic mass is 10.2. The van der Waals surface area contributed by atoms with Crippen LogP contribution >= 0.6 is 0 Å². The second kappa shape index (κ2) is 8.09. The van der Waals surface area contributed by atoms with Crippen molar-refractivity contribution in [3.63, 3.8) is 0 Å². The number of hydrogen-bond donors (Lipinski definition) is 2. The largest absolute Gasteiger partial charge is 0.355 e. The predicted octanol–water partition coefficient (Wildman–Crippen LogP) is 0.255. The Balaban J connectivity index is 3.17. The van der Waals surface area contributed by atoms with Crippen LogP contribution in [0.5, 0.6) is 0 Å². The molecule has 0 unspecified atom stereocenters. The number of nitrogens with two attached hydrogens (primary N) is 1. The van der Waals surface area contributed by atoms with Crippen molar-refractivity contribution in [1.82, 2.24) is 5.32 Å². The van der Waals surface area contributed by atoms with Crippen molar-refractivity contribution in [2.45, 2.75) is 25.7 Å². The van der Waals surface area contributed by atoms with Crippen molar-refractivity contribution in [2.24, 2.45) is 5.73 Å². The first-order valence-corrected chi connectivity index (χ1v) is 4.21. The summed E-state index contributed by atoms with van der Waals surface area (Å²) in [6.07, 6.45) is 7.94. The molecule has 0 saturated carbocycles. The van der Waals surface area contributed by atoms with Crippen molar-refractivity contribution in [3.8, 4) is 12.3 Å². The lowest BCUT2D eigenvalue weighted by molar-refractivity contribution is -0.121. The van der Waals surface area contributed by atoms with Gasteiger partial charge in [0.05, 0.1) is 0 Å². The highest BCUT2D eigenvalue weighted by molar-refractivity contribution is 5.75. The smallest absolute Gasteiger partial charge is 0.220 e. The van der Waals surface area contributed by atoms with E-state index in [9.17, 15) is 4.79 Å². The number of hydrogen-bond acceptors (Lipinski definition) is 2. The highest BCUT2D eigenvalue weighted by Gasteiger charge is 1.97. The molecule has 0 aliphatic carbocycles. The van der Waals surface area contributed by atoms with Crippen LogP contribution in [-0.4, -0.2) is 19.0 Å². The zero-order valence-corrected chi connectivity index (χ0v) is 7.31. The summed E-state index contributed by atoms with van der Waals surface area (Å²) in [5, 5.41) is 2.72. The van der Waals surface area contributed by atoms with E-state index in [0.29, 0.717) is 25.9 Å². The Morgan fingerprint density at radius 1 is 1.50 bits per heavy atom. The number of terminal acetylenes is 1. The number of carbonyl (C=O) groups excluding carboxylic acids is 1. The third-order valence-corrected chi connectivity index (χ3v) is 1.45. The van der Waals surface area contributed by atoms with Crippen LogP contribution in [0.25, 0.3) is 0 Å². The van der Waals surface area contributed by atoms with Crippen molar-refractivity contribution >= 4 is 5.91 Å². The molecule has 0 aliphatic rings. The molecule has 3 heteroatoms. The maximum absolute atomic E-state index is 11.0. The normalized spacial score (nSPS) is 9.00. The van der Waals surface area contributed by atoms with Crippen LogP contribution in [0.2, 0.25) is 0 Å². The van der Waals surface area contributed by atoms with Crippen LogP contribution in [0, 0.1) is 12.3 Å². The zero-order valence-electron chi connectivity index (χ0n) is 7.31. The Labute approximate surface area is 73.7 Å². The molecule has 0 atom stereocenters. The van der Waals surface area contributed by atoms with Crippen molar-refractivity contribution in [1.29, 1.82) is 0 Å². The maximum atomic E-state index is 11.0. The summed E-state index contributed by atoms with van der Waals surface area (Å²) in [5.74, 6) is 2.52. The molecule has 0 spiro atoms. The number of carbonyl (C=O) groups is 1. The van der Waals surface area contributed by atoms with Gasteiger partial charge in [-0.05, 0) is 19.4 Å². The van der Waals surface area contributed by atoms with E-state index in [1.807, 2.05) is 0 Å². The van der Waals surface area contributed by atoms with Gasteiger partial charge in [0.2, 0.25) is 5.91 Å². The molecule has 68 valence electrons. The second-order valence-electron chi connectivity index (χ2n) is 2.55. The standard InChI is InChI=1S/C9H16N2O/c1-2-3-8-11-9(12)6-4-5-7-10/h1H,3-8,10H2,(H,11,12). The summed E-state index contributed by atoms with van der Waals surface area (Å²) in [5.41, 5.74) is 5.28. The Kier molecular flexibility index (Phi) is 7.41. The van der Waals surface area contributed by atoms with Crippen molar-refractivity contribution < 1.29 is 4.79 Å². The van der Waals surface area contributed by atoms with Gasteiger partial charge in [0.15, 0.2) is 0 Å². The average Bonchev–Trinajstić information content (AvgIpc) is 2.06. The lowest BCUT2D eigenvalue weighted by Gasteiger charge is -2.01. The van der Waals surface area contributed by atoms with E-state index < -0.39 is 0 Å². The second-order valence-corrected chi connectivity index (χ2v) is 2.55. The van der Waals surface area contributed by atoms with Crippen LogP contribution in [0.3, 0.4) is 0 Å². The molecule has 0 aromatic heterocycles. The van der Waals surface area contributed by atoms with Crippen LogP contribution in [0.15, 0.2) is 0 Å². The number of amides is 1. The zero-order chi connectivity index (χ0) is 9.23. The van der Waals surface area contributed by atoms with E-state index in [1.54, 1.807) is 0 Å². The van der Waals surface area contributed by atoms with E-state index >= 15 is 0 Å². The molecule has 0 heterocycles. The minimum atomic E-state index is 0.0682. The van der Waals surface area contributed by atoms with E-state index in [2.05, 4.69) is 11.2 Å². The van der Waals surface area contributed by atoms with Gasteiger partial charge in [-0.15, -0.1) is 12.3 Å². The Morgan fingerprint density at radius 2 is 2.25 bits per heavy atom. The fourth-order valence-electron chi connectivity index (χ4n) is 0.792. The average molecular weight is 168 g/mol. The molecule has 0 radical (unpaired) electrons. The van der Waals surface area contributed by atoms with Gasteiger partial charge in [0.25, 0.3) is 0 Å². The number of unbranched alkanes of at least 4 members (excludes halogenated alkanes) is 1. The molecule has 0 bridgehead atoms. The summed E-state index contributed by atoms with van der Waals surface area (Å²) in [7, 11) is 0. The topological polar surface area (TPSA) is 55.1 Å². The first-order chi connectivity index (χ1) is 5.81. The Morgan fingerprint density at radius 3 is 2.83 bits per heavy atom. The number of nitrogens with one attached hydrogen (secondary N) is 1. The van der Waals surface area contributed by atoms with E-state index in [4.69, 9.17) is 12.2 Å². The molecule has 0 rings (SSSR count). The molecule has 0 saturated heterocycles. The van der Waals surface area contributed by atoms with Crippen LogP contribution in [-0.2, 0) is 4.79 Å². The lowest BCUT2D eigenvalue weighted by Crippen LogP contribution is -2.23. The molecule has 12 heavy (non-hydrogen) atoms. The molecular formula is C9H16N2O.